The fourth-order valence-corrected chi connectivity index (χ4v) is 6.47. The number of carbonyl (C=O) groups is 2. The van der Waals surface area contributed by atoms with Crippen LogP contribution in [-0.2, 0) is 21.5 Å². The number of benzene rings is 3. The Morgan fingerprint density at radius 1 is 1.05 bits per heavy atom. The molecule has 0 unspecified atom stereocenters. The number of imide groups is 1. The van der Waals surface area contributed by atoms with Gasteiger partial charge in [0.2, 0.25) is 0 Å². The molecule has 1 aliphatic rings. The Bertz CT molecular complexity index is 1540. The van der Waals surface area contributed by atoms with Crippen LogP contribution in [0.4, 0.5) is 4.79 Å². The maximum Gasteiger partial charge on any atom is 0.339 e. The molecule has 7 nitrogen and oxygen atoms in total. The van der Waals surface area contributed by atoms with E-state index in [4.69, 9.17) is 32.1 Å². The molecule has 2 amide bonds. The van der Waals surface area contributed by atoms with Crippen molar-refractivity contribution in [2.45, 2.75) is 25.3 Å². The van der Waals surface area contributed by atoms with Gasteiger partial charge in [-0.1, -0.05) is 47.0 Å². The molecule has 38 heavy (non-hydrogen) atoms. The quantitative estimate of drug-likeness (QED) is 0.184. The summed E-state index contributed by atoms with van der Waals surface area (Å²) in [6.45, 7) is 3.74. The Hall–Kier alpha value is -2.50. The van der Waals surface area contributed by atoms with Crippen molar-refractivity contribution < 1.29 is 26.9 Å². The Morgan fingerprint density at radius 3 is 2.34 bits per heavy atom. The molecule has 0 aliphatic carbocycles. The summed E-state index contributed by atoms with van der Waals surface area (Å²) in [4.78, 5) is 26.9. The van der Waals surface area contributed by atoms with Gasteiger partial charge < -0.3 is 8.92 Å². The number of aryl methyl sites for hydroxylation is 1. The number of amides is 2. The minimum Gasteiger partial charge on any atom is -0.490 e. The standard InChI is InChI=1S/C26H20BrCl2NO6S2/c1-3-35-22-12-16(11-19(27)24(22)36-38(33,34)17-9-7-15(2)8-10-17)13-23-25(31)30(26(32)37-23)14-18-20(28)5-4-6-21(18)29/h4-13H,3,14H2,1-2H3/b23-13-. The van der Waals surface area contributed by atoms with Gasteiger partial charge in [0.15, 0.2) is 11.5 Å². The van der Waals surface area contributed by atoms with Crippen LogP contribution in [0.3, 0.4) is 0 Å². The minimum atomic E-state index is -4.15. The molecule has 1 fully saturated rings. The third kappa shape index (κ3) is 6.21. The van der Waals surface area contributed by atoms with E-state index in [9.17, 15) is 18.0 Å². The molecule has 0 saturated carbocycles. The fourth-order valence-electron chi connectivity index (χ4n) is 3.51. The number of nitrogens with zero attached hydrogens (tertiary/aromatic N) is 1. The summed E-state index contributed by atoms with van der Waals surface area (Å²) in [7, 11) is -4.15. The van der Waals surface area contributed by atoms with Crippen molar-refractivity contribution in [1.82, 2.24) is 4.90 Å². The fraction of sp³-hybridized carbons (Fsp3) is 0.154. The largest absolute Gasteiger partial charge is 0.490 e. The number of carbonyl (C=O) groups excluding carboxylic acids is 2. The average Bonchev–Trinajstić information content (AvgIpc) is 3.11. The Kier molecular flexibility index (Phi) is 8.78. The minimum absolute atomic E-state index is 0.00572. The summed E-state index contributed by atoms with van der Waals surface area (Å²) in [5, 5.41) is 0.231. The topological polar surface area (TPSA) is 90.0 Å². The van der Waals surface area contributed by atoms with Crippen molar-refractivity contribution >= 4 is 78.2 Å². The lowest BCUT2D eigenvalue weighted by atomic mass is 10.1. The first-order valence-corrected chi connectivity index (χ1v) is 14.9. The summed E-state index contributed by atoms with van der Waals surface area (Å²) >= 11 is 16.6. The molecular weight excluding hydrogens is 637 g/mol. The van der Waals surface area contributed by atoms with E-state index in [0.717, 1.165) is 22.2 Å². The van der Waals surface area contributed by atoms with Gasteiger partial charge >= 0.3 is 10.1 Å². The zero-order chi connectivity index (χ0) is 27.6. The lowest BCUT2D eigenvalue weighted by Gasteiger charge is -2.15. The van der Waals surface area contributed by atoms with Gasteiger partial charge in [-0.25, -0.2) is 0 Å². The lowest BCUT2D eigenvalue weighted by Crippen LogP contribution is -2.27. The third-order valence-electron chi connectivity index (χ3n) is 5.38. The zero-order valence-electron chi connectivity index (χ0n) is 20.0. The van der Waals surface area contributed by atoms with Crippen molar-refractivity contribution in [3.05, 3.63) is 90.7 Å². The molecule has 0 radical (unpaired) electrons. The molecule has 0 spiro atoms. The monoisotopic (exact) mass is 655 g/mol. The predicted molar refractivity (Wildman–Crippen MR) is 152 cm³/mol. The molecule has 3 aromatic rings. The van der Waals surface area contributed by atoms with Gasteiger partial charge in [0.05, 0.1) is 22.5 Å². The molecule has 0 bridgehead atoms. The average molecular weight is 657 g/mol. The van der Waals surface area contributed by atoms with E-state index in [1.807, 2.05) is 6.92 Å². The number of rotatable bonds is 8. The highest BCUT2D eigenvalue weighted by Gasteiger charge is 2.36. The lowest BCUT2D eigenvalue weighted by molar-refractivity contribution is -0.123. The van der Waals surface area contributed by atoms with Crippen LogP contribution in [-0.4, -0.2) is 31.1 Å². The third-order valence-corrected chi connectivity index (χ3v) is 8.82. The summed E-state index contributed by atoms with van der Waals surface area (Å²) in [6, 6.07) is 14.3. The molecule has 1 heterocycles. The summed E-state index contributed by atoms with van der Waals surface area (Å²) in [5.74, 6) is -0.399. The van der Waals surface area contributed by atoms with E-state index in [1.54, 1.807) is 43.3 Å². The van der Waals surface area contributed by atoms with E-state index in [-0.39, 0.29) is 38.9 Å². The first-order chi connectivity index (χ1) is 18.0. The normalized spacial score (nSPS) is 14.9. The predicted octanol–water partition coefficient (Wildman–Crippen LogP) is 7.47. The molecule has 4 rings (SSSR count). The van der Waals surface area contributed by atoms with Gasteiger partial charge in [0.1, 0.15) is 4.90 Å². The van der Waals surface area contributed by atoms with Gasteiger partial charge in [0, 0.05) is 15.6 Å². The van der Waals surface area contributed by atoms with Crippen LogP contribution in [0.15, 0.2) is 68.9 Å². The smallest absolute Gasteiger partial charge is 0.339 e. The Morgan fingerprint density at radius 2 is 1.71 bits per heavy atom. The van der Waals surface area contributed by atoms with Crippen LogP contribution in [0.5, 0.6) is 11.5 Å². The maximum absolute atomic E-state index is 13.1. The highest BCUT2D eigenvalue weighted by Crippen LogP contribution is 2.41. The van der Waals surface area contributed by atoms with E-state index < -0.39 is 21.3 Å². The van der Waals surface area contributed by atoms with E-state index in [2.05, 4.69) is 15.9 Å². The van der Waals surface area contributed by atoms with Crippen molar-refractivity contribution in [2.24, 2.45) is 0 Å². The van der Waals surface area contributed by atoms with Crippen LogP contribution >= 0.6 is 50.9 Å². The molecule has 1 aliphatic heterocycles. The molecule has 1 saturated heterocycles. The van der Waals surface area contributed by atoms with Gasteiger partial charge in [-0.3, -0.25) is 14.5 Å². The van der Waals surface area contributed by atoms with Crippen molar-refractivity contribution in [2.75, 3.05) is 6.61 Å². The van der Waals surface area contributed by atoms with E-state index in [0.29, 0.717) is 21.2 Å². The van der Waals surface area contributed by atoms with Crippen LogP contribution in [0.1, 0.15) is 23.6 Å². The van der Waals surface area contributed by atoms with Gasteiger partial charge in [0.25, 0.3) is 11.1 Å². The first-order valence-electron chi connectivity index (χ1n) is 11.2. The van der Waals surface area contributed by atoms with E-state index in [1.165, 1.54) is 24.3 Å². The maximum atomic E-state index is 13.1. The van der Waals surface area contributed by atoms with Gasteiger partial charge in [-0.2, -0.15) is 8.42 Å². The summed E-state index contributed by atoms with van der Waals surface area (Å²) < 4.78 is 37.1. The summed E-state index contributed by atoms with van der Waals surface area (Å²) in [5.41, 5.74) is 1.86. The second kappa shape index (κ2) is 11.7. The number of halogens is 3. The molecule has 0 atom stereocenters. The number of thioether (sulfide) groups is 1. The second-order valence-corrected chi connectivity index (χ2v) is 12.3. The number of hydrogen-bond acceptors (Lipinski definition) is 7. The zero-order valence-corrected chi connectivity index (χ0v) is 24.8. The molecule has 12 heteroatoms. The van der Waals surface area contributed by atoms with Crippen LogP contribution in [0.25, 0.3) is 6.08 Å². The van der Waals surface area contributed by atoms with Gasteiger partial charge in [-0.15, -0.1) is 0 Å². The van der Waals surface area contributed by atoms with Crippen molar-refractivity contribution in [3.8, 4) is 11.5 Å². The van der Waals surface area contributed by atoms with Crippen LogP contribution in [0, 0.1) is 6.92 Å². The van der Waals surface area contributed by atoms with Crippen molar-refractivity contribution in [3.63, 3.8) is 0 Å². The SMILES string of the molecule is CCOc1cc(/C=C2\SC(=O)N(Cc3c(Cl)cccc3Cl)C2=O)cc(Br)c1OS(=O)(=O)c1ccc(C)cc1. The second-order valence-electron chi connectivity index (χ2n) is 8.08. The number of hydrogen-bond donors (Lipinski definition) is 0. The Balaban J connectivity index is 1.63. The van der Waals surface area contributed by atoms with Crippen LogP contribution in [0.2, 0.25) is 10.0 Å². The van der Waals surface area contributed by atoms with Gasteiger partial charge in [-0.05, 0) is 89.6 Å². The first kappa shape index (κ1) is 28.5. The molecule has 198 valence electrons. The molecular formula is C26H20BrCl2NO6S2. The Labute approximate surface area is 243 Å². The molecule has 0 N–H and O–H groups in total. The summed E-state index contributed by atoms with van der Waals surface area (Å²) in [6.07, 6.45) is 1.52. The molecule has 3 aromatic carbocycles. The molecule has 0 aromatic heterocycles. The van der Waals surface area contributed by atoms with E-state index >= 15 is 0 Å². The van der Waals surface area contributed by atoms with Crippen LogP contribution < -0.4 is 8.92 Å². The highest BCUT2D eigenvalue weighted by molar-refractivity contribution is 9.10. The highest BCUT2D eigenvalue weighted by atomic mass is 79.9. The van der Waals surface area contributed by atoms with Crippen molar-refractivity contribution in [1.29, 1.82) is 0 Å². The number of ether oxygens (including phenoxy) is 1.